The van der Waals surface area contributed by atoms with Crippen LogP contribution in [0.4, 0.5) is 0 Å². The number of benzene rings is 1. The number of rotatable bonds is 4. The van der Waals surface area contributed by atoms with Crippen LogP contribution in [0.1, 0.15) is 18.9 Å². The molecular weight excluding hydrogens is 438 g/mol. The zero-order chi connectivity index (χ0) is 22.9. The second kappa shape index (κ2) is 8.67. The van der Waals surface area contributed by atoms with Crippen molar-refractivity contribution in [2.75, 3.05) is 13.1 Å². The summed E-state index contributed by atoms with van der Waals surface area (Å²) in [6.45, 7) is 4.89. The van der Waals surface area contributed by atoms with E-state index in [0.717, 1.165) is 47.2 Å². The van der Waals surface area contributed by atoms with Crippen molar-refractivity contribution in [3.8, 4) is 16.9 Å². The third kappa shape index (κ3) is 3.96. The highest BCUT2D eigenvalue weighted by Crippen LogP contribution is 2.35. The summed E-state index contributed by atoms with van der Waals surface area (Å²) in [7, 11) is 0. The average molecular weight is 460 g/mol. The smallest absolute Gasteiger partial charge is 0.246 e. The van der Waals surface area contributed by atoms with Gasteiger partial charge in [-0.05, 0) is 31.1 Å². The number of pyridine rings is 2. The van der Waals surface area contributed by atoms with Crippen LogP contribution in [0.15, 0.2) is 78.6 Å². The first-order chi connectivity index (χ1) is 16.0. The van der Waals surface area contributed by atoms with Crippen molar-refractivity contribution < 1.29 is 4.79 Å². The van der Waals surface area contributed by atoms with Crippen LogP contribution in [0, 0.1) is 0 Å². The lowest BCUT2D eigenvalue weighted by atomic mass is 10.1. The molecule has 1 atom stereocenters. The second-order valence-electron chi connectivity index (χ2n) is 8.08. The summed E-state index contributed by atoms with van der Waals surface area (Å²) in [6.07, 6.45) is 10.0. The Balaban J connectivity index is 1.55. The molecule has 5 rings (SSSR count). The molecule has 1 aliphatic heterocycles. The first-order valence-electron chi connectivity index (χ1n) is 10.8. The van der Waals surface area contributed by atoms with Gasteiger partial charge in [0, 0.05) is 66.6 Å². The number of aromatic nitrogens is 4. The first-order valence-corrected chi connectivity index (χ1v) is 11.1. The number of carbonyl (C=O) groups excluding carboxylic acids is 1. The lowest BCUT2D eigenvalue weighted by molar-refractivity contribution is -0.127. The number of hydrogen-bond donors (Lipinski definition) is 0. The van der Waals surface area contributed by atoms with Gasteiger partial charge in [-0.15, -0.1) is 0 Å². The van der Waals surface area contributed by atoms with Crippen molar-refractivity contribution in [1.29, 1.82) is 0 Å². The minimum atomic E-state index is -0.0674. The monoisotopic (exact) mass is 459 g/mol. The minimum Gasteiger partial charge on any atom is -0.337 e. The molecule has 0 radical (unpaired) electrons. The Bertz CT molecular complexity index is 1390. The van der Waals surface area contributed by atoms with Gasteiger partial charge in [-0.25, -0.2) is 0 Å². The quantitative estimate of drug-likeness (QED) is 0.427. The van der Waals surface area contributed by atoms with Crippen LogP contribution in [-0.4, -0.2) is 43.2 Å². The molecule has 0 aliphatic carbocycles. The maximum atomic E-state index is 12.2. The molecule has 166 valence electrons. The molecule has 1 aliphatic rings. The third-order valence-corrected chi connectivity index (χ3v) is 6.31. The Morgan fingerprint density at radius 3 is 2.61 bits per heavy atom. The molecule has 0 saturated carbocycles. The predicted molar refractivity (Wildman–Crippen MR) is 129 cm³/mol. The van der Waals surface area contributed by atoms with Gasteiger partial charge in [0.2, 0.25) is 5.91 Å². The minimum absolute atomic E-state index is 0.0132. The first kappa shape index (κ1) is 21.2. The summed E-state index contributed by atoms with van der Waals surface area (Å²) in [5.74, 6) is -0.0674. The molecule has 3 aromatic heterocycles. The van der Waals surface area contributed by atoms with E-state index < -0.39 is 0 Å². The largest absolute Gasteiger partial charge is 0.337 e. The number of fused-ring (bicyclic) bond motifs is 1. The highest BCUT2D eigenvalue weighted by atomic mass is 35.5. The summed E-state index contributed by atoms with van der Waals surface area (Å²) in [5, 5.41) is 6.36. The Morgan fingerprint density at radius 2 is 1.88 bits per heavy atom. The molecule has 1 aromatic carbocycles. The van der Waals surface area contributed by atoms with Gasteiger partial charge in [0.1, 0.15) is 5.69 Å². The van der Waals surface area contributed by atoms with Gasteiger partial charge in [0.15, 0.2) is 5.43 Å². The topological polar surface area (TPSA) is 73.0 Å². The van der Waals surface area contributed by atoms with E-state index in [-0.39, 0.29) is 17.4 Å². The highest BCUT2D eigenvalue weighted by molar-refractivity contribution is 6.35. The summed E-state index contributed by atoms with van der Waals surface area (Å²) in [4.78, 5) is 29.7. The van der Waals surface area contributed by atoms with Crippen LogP contribution < -0.4 is 5.43 Å². The van der Waals surface area contributed by atoms with E-state index in [1.54, 1.807) is 24.8 Å². The maximum absolute atomic E-state index is 12.2. The number of likely N-dealkylation sites (tertiary alicyclic amines) is 1. The molecule has 0 unspecified atom stereocenters. The molecule has 1 amide bonds. The summed E-state index contributed by atoms with van der Waals surface area (Å²) in [6, 6.07) is 11.0. The summed E-state index contributed by atoms with van der Waals surface area (Å²) >= 11 is 6.58. The standard InChI is InChI=1S/C25H22ClN5O2/c1-2-23(33)30-11-3-4-19(16-30)31-25-21(14-27-15-22(25)26)24(28-31)17-5-7-18(8-6-17)29-12-9-20(32)10-13-29/h2,5-10,12-15,19H,1,3-4,11,16H2/t19-/m1/s1. The van der Waals surface area contributed by atoms with Gasteiger partial charge in [0.05, 0.1) is 16.6 Å². The molecule has 0 N–H and O–H groups in total. The lowest BCUT2D eigenvalue weighted by Crippen LogP contribution is -2.40. The molecule has 4 aromatic rings. The molecule has 0 bridgehead atoms. The van der Waals surface area contributed by atoms with Gasteiger partial charge >= 0.3 is 0 Å². The maximum Gasteiger partial charge on any atom is 0.246 e. The second-order valence-corrected chi connectivity index (χ2v) is 8.49. The van der Waals surface area contributed by atoms with E-state index in [2.05, 4.69) is 11.6 Å². The Labute approximate surface area is 195 Å². The van der Waals surface area contributed by atoms with Crippen molar-refractivity contribution in [3.05, 3.63) is 89.1 Å². The SMILES string of the molecule is C=CC(=O)N1CCC[C@@H](n2nc(-c3ccc(-n4ccc(=O)cc4)cc3)c3cncc(Cl)c32)C1. The highest BCUT2D eigenvalue weighted by Gasteiger charge is 2.27. The molecule has 4 heterocycles. The van der Waals surface area contributed by atoms with Crippen molar-refractivity contribution >= 4 is 28.4 Å². The number of hydrogen-bond acceptors (Lipinski definition) is 4. The molecule has 1 fully saturated rings. The van der Waals surface area contributed by atoms with Crippen molar-refractivity contribution in [1.82, 2.24) is 24.2 Å². The van der Waals surface area contributed by atoms with Crippen molar-refractivity contribution in [3.63, 3.8) is 0 Å². The fourth-order valence-corrected chi connectivity index (χ4v) is 4.63. The molecule has 1 saturated heterocycles. The molecule has 33 heavy (non-hydrogen) atoms. The van der Waals surface area contributed by atoms with Crippen molar-refractivity contribution in [2.45, 2.75) is 18.9 Å². The van der Waals surface area contributed by atoms with Gasteiger partial charge in [-0.2, -0.15) is 5.10 Å². The molecular formula is C25H22ClN5O2. The van der Waals surface area contributed by atoms with Crippen molar-refractivity contribution in [2.24, 2.45) is 0 Å². The average Bonchev–Trinajstić information content (AvgIpc) is 3.25. The summed E-state index contributed by atoms with van der Waals surface area (Å²) in [5.41, 5.74) is 3.45. The van der Waals surface area contributed by atoms with E-state index in [4.69, 9.17) is 16.7 Å². The Kier molecular flexibility index (Phi) is 5.56. The van der Waals surface area contributed by atoms with Crippen LogP contribution in [0.3, 0.4) is 0 Å². The van der Waals surface area contributed by atoms with Gasteiger partial charge < -0.3 is 9.47 Å². The van der Waals surface area contributed by atoms with E-state index in [1.165, 1.54) is 18.2 Å². The third-order valence-electron chi connectivity index (χ3n) is 6.03. The summed E-state index contributed by atoms with van der Waals surface area (Å²) < 4.78 is 3.83. The normalized spacial score (nSPS) is 16.2. The molecule has 0 spiro atoms. The van der Waals surface area contributed by atoms with Gasteiger partial charge in [0.25, 0.3) is 0 Å². The van der Waals surface area contributed by atoms with Gasteiger partial charge in [-0.3, -0.25) is 19.3 Å². The number of carbonyl (C=O) groups is 1. The lowest BCUT2D eigenvalue weighted by Gasteiger charge is -2.32. The number of nitrogens with zero attached hydrogens (tertiary/aromatic N) is 5. The van der Waals surface area contributed by atoms with E-state index in [9.17, 15) is 9.59 Å². The van der Waals surface area contributed by atoms with E-state index >= 15 is 0 Å². The number of piperidine rings is 1. The zero-order valence-electron chi connectivity index (χ0n) is 17.9. The van der Waals surface area contributed by atoms with Gasteiger partial charge in [-0.1, -0.05) is 30.3 Å². The van der Waals surface area contributed by atoms with Crippen LogP contribution >= 0.6 is 11.6 Å². The van der Waals surface area contributed by atoms with E-state index in [1.807, 2.05) is 38.4 Å². The number of halogens is 1. The molecule has 8 heteroatoms. The van der Waals surface area contributed by atoms with Crippen LogP contribution in [0.5, 0.6) is 0 Å². The van der Waals surface area contributed by atoms with Crippen LogP contribution in [0.2, 0.25) is 5.02 Å². The van der Waals surface area contributed by atoms with E-state index in [0.29, 0.717) is 11.6 Å². The Hall–Kier alpha value is -3.71. The fourth-order valence-electron chi connectivity index (χ4n) is 4.38. The Morgan fingerprint density at radius 1 is 1.12 bits per heavy atom. The zero-order valence-corrected chi connectivity index (χ0v) is 18.7. The molecule has 7 nitrogen and oxygen atoms in total. The predicted octanol–water partition coefficient (Wildman–Crippen LogP) is 4.25. The number of amides is 1. The van der Waals surface area contributed by atoms with Crippen LogP contribution in [0.25, 0.3) is 27.8 Å². The fraction of sp³-hybridized carbons (Fsp3) is 0.200. The van der Waals surface area contributed by atoms with Crippen LogP contribution in [-0.2, 0) is 4.79 Å².